The van der Waals surface area contributed by atoms with Gasteiger partial charge < -0.3 is 9.64 Å². The second kappa shape index (κ2) is 11.8. The van der Waals surface area contributed by atoms with Gasteiger partial charge in [0.05, 0.1) is 24.4 Å². The maximum atomic E-state index is 14.0. The summed E-state index contributed by atoms with van der Waals surface area (Å²) in [4.78, 5) is 16.1. The molecule has 6 rings (SSSR count). The van der Waals surface area contributed by atoms with Gasteiger partial charge in [-0.05, 0) is 98.6 Å². The van der Waals surface area contributed by atoms with Crippen molar-refractivity contribution < 1.29 is 9.53 Å². The Morgan fingerprint density at radius 2 is 1.77 bits per heavy atom. The predicted molar refractivity (Wildman–Crippen MR) is 158 cm³/mol. The summed E-state index contributed by atoms with van der Waals surface area (Å²) in [7, 11) is 1.66. The molecule has 0 N–H and O–H groups in total. The maximum Gasteiger partial charge on any atom is 0.230 e. The van der Waals surface area contributed by atoms with E-state index >= 15 is 0 Å². The Morgan fingerprint density at radius 3 is 2.49 bits per heavy atom. The van der Waals surface area contributed by atoms with Gasteiger partial charge in [0.15, 0.2) is 0 Å². The molecule has 0 spiro atoms. The van der Waals surface area contributed by atoms with E-state index in [1.54, 1.807) is 7.11 Å². The van der Waals surface area contributed by atoms with Crippen LogP contribution in [0.3, 0.4) is 0 Å². The molecule has 0 unspecified atom stereocenters. The molecule has 0 aliphatic heterocycles. The highest BCUT2D eigenvalue weighted by Gasteiger charge is 2.31. The van der Waals surface area contributed by atoms with Gasteiger partial charge >= 0.3 is 0 Å². The molecule has 39 heavy (non-hydrogen) atoms. The summed E-state index contributed by atoms with van der Waals surface area (Å²) in [6.45, 7) is 0.802. The van der Waals surface area contributed by atoms with Crippen molar-refractivity contribution in [3.05, 3.63) is 65.4 Å². The standard InChI is InChI=1S/C33H40ClN3O2/c1-39-32-17-14-27(19-31(32)34)24-12-10-23(11-13-24)21-36(33(38)25-6-3-2-4-7-25)30-9-5-8-26(18-30)28-20-35-37(22-28)29-15-16-29/h5,8-9,14,17-20,22-25,29H,2-4,6-7,10-13,15-16,21H2,1H3. The van der Waals surface area contributed by atoms with Gasteiger partial charge in [0.25, 0.3) is 0 Å². The number of amides is 1. The number of benzene rings is 2. The summed E-state index contributed by atoms with van der Waals surface area (Å²) in [5, 5.41) is 5.28. The quantitative estimate of drug-likeness (QED) is 0.285. The lowest BCUT2D eigenvalue weighted by molar-refractivity contribution is -0.123. The van der Waals surface area contributed by atoms with Crippen LogP contribution in [0.5, 0.6) is 5.75 Å². The number of carbonyl (C=O) groups excluding carboxylic acids is 1. The Bertz CT molecular complexity index is 1290. The minimum Gasteiger partial charge on any atom is -0.495 e. The summed E-state index contributed by atoms with van der Waals surface area (Å²) in [5.41, 5.74) is 4.61. The third-order valence-corrected chi connectivity index (χ3v) is 9.46. The van der Waals surface area contributed by atoms with E-state index in [9.17, 15) is 4.79 Å². The van der Waals surface area contributed by atoms with Crippen molar-refractivity contribution in [2.75, 3.05) is 18.6 Å². The highest BCUT2D eigenvalue weighted by atomic mass is 35.5. The summed E-state index contributed by atoms with van der Waals surface area (Å²) >= 11 is 6.43. The van der Waals surface area contributed by atoms with Crippen molar-refractivity contribution in [3.63, 3.8) is 0 Å². The van der Waals surface area contributed by atoms with Crippen LogP contribution in [0, 0.1) is 11.8 Å². The second-order valence-electron chi connectivity index (χ2n) is 11.9. The smallest absolute Gasteiger partial charge is 0.230 e. The van der Waals surface area contributed by atoms with Gasteiger partial charge in [0.1, 0.15) is 5.75 Å². The largest absolute Gasteiger partial charge is 0.495 e. The highest BCUT2D eigenvalue weighted by Crippen LogP contribution is 2.40. The SMILES string of the molecule is COc1ccc(C2CCC(CN(C(=O)C3CCCCC3)c3cccc(-c4cnn(C5CC5)c4)c3)CC2)cc1Cl. The zero-order chi connectivity index (χ0) is 26.8. The van der Waals surface area contributed by atoms with Crippen molar-refractivity contribution in [1.29, 1.82) is 0 Å². The van der Waals surface area contributed by atoms with Gasteiger partial charge in [-0.1, -0.05) is 49.1 Å². The monoisotopic (exact) mass is 545 g/mol. The van der Waals surface area contributed by atoms with Crippen LogP contribution in [0.1, 0.15) is 88.2 Å². The van der Waals surface area contributed by atoms with E-state index in [1.807, 2.05) is 12.3 Å². The van der Waals surface area contributed by atoms with E-state index in [1.165, 1.54) is 37.7 Å². The molecule has 1 amide bonds. The molecule has 6 heteroatoms. The van der Waals surface area contributed by atoms with Crippen molar-refractivity contribution >= 4 is 23.2 Å². The van der Waals surface area contributed by atoms with Crippen LogP contribution in [0.15, 0.2) is 54.9 Å². The number of rotatable bonds is 8. The molecule has 3 saturated carbocycles. The van der Waals surface area contributed by atoms with Crippen LogP contribution < -0.4 is 9.64 Å². The third-order valence-electron chi connectivity index (χ3n) is 9.17. The summed E-state index contributed by atoms with van der Waals surface area (Å²) < 4.78 is 7.44. The fraction of sp³-hybridized carbons (Fsp3) is 0.515. The van der Waals surface area contributed by atoms with E-state index in [0.29, 0.717) is 28.8 Å². The van der Waals surface area contributed by atoms with E-state index in [2.05, 4.69) is 57.3 Å². The fourth-order valence-electron chi connectivity index (χ4n) is 6.64. The zero-order valence-electron chi connectivity index (χ0n) is 23.0. The van der Waals surface area contributed by atoms with E-state index in [4.69, 9.17) is 16.3 Å². The number of methoxy groups -OCH3 is 1. The average Bonchev–Trinajstić information content (AvgIpc) is 3.72. The second-order valence-corrected chi connectivity index (χ2v) is 12.3. The lowest BCUT2D eigenvalue weighted by atomic mass is 9.78. The number of nitrogens with zero attached hydrogens (tertiary/aromatic N) is 3. The first kappa shape index (κ1) is 26.4. The summed E-state index contributed by atoms with van der Waals surface area (Å²) in [6.07, 6.45) is 16.7. The number of carbonyl (C=O) groups is 1. The topological polar surface area (TPSA) is 47.4 Å². The van der Waals surface area contributed by atoms with Gasteiger partial charge in [-0.2, -0.15) is 5.10 Å². The van der Waals surface area contributed by atoms with Crippen LogP contribution >= 0.6 is 11.6 Å². The van der Waals surface area contributed by atoms with E-state index < -0.39 is 0 Å². The molecule has 1 heterocycles. The number of hydrogen-bond donors (Lipinski definition) is 0. The molecule has 206 valence electrons. The first-order valence-corrected chi connectivity index (χ1v) is 15.3. The molecule has 5 nitrogen and oxygen atoms in total. The molecular formula is C33H40ClN3O2. The van der Waals surface area contributed by atoms with Crippen LogP contribution in [0.2, 0.25) is 5.02 Å². The molecule has 2 aromatic carbocycles. The van der Waals surface area contributed by atoms with Crippen LogP contribution in [-0.4, -0.2) is 29.3 Å². The molecule has 0 atom stereocenters. The molecule has 0 radical (unpaired) electrons. The first-order chi connectivity index (χ1) is 19.1. The Morgan fingerprint density at radius 1 is 0.974 bits per heavy atom. The predicted octanol–water partition coefficient (Wildman–Crippen LogP) is 8.43. The van der Waals surface area contributed by atoms with Crippen molar-refractivity contribution in [1.82, 2.24) is 9.78 Å². The normalized spacial score (nSPS) is 22.0. The van der Waals surface area contributed by atoms with E-state index in [-0.39, 0.29) is 5.92 Å². The molecular weight excluding hydrogens is 506 g/mol. The highest BCUT2D eigenvalue weighted by molar-refractivity contribution is 6.32. The fourth-order valence-corrected chi connectivity index (χ4v) is 6.91. The Labute approximate surface area is 237 Å². The van der Waals surface area contributed by atoms with Crippen molar-refractivity contribution in [2.45, 2.75) is 82.6 Å². The molecule has 3 fully saturated rings. The number of aromatic nitrogens is 2. The zero-order valence-corrected chi connectivity index (χ0v) is 23.8. The van der Waals surface area contributed by atoms with Gasteiger partial charge in [0.2, 0.25) is 5.91 Å². The number of hydrogen-bond acceptors (Lipinski definition) is 3. The lowest BCUT2D eigenvalue weighted by Crippen LogP contribution is -2.41. The van der Waals surface area contributed by atoms with Crippen LogP contribution in [0.25, 0.3) is 11.1 Å². The molecule has 0 saturated heterocycles. The van der Waals surface area contributed by atoms with Gasteiger partial charge in [-0.3, -0.25) is 9.48 Å². The summed E-state index contributed by atoms with van der Waals surface area (Å²) in [6, 6.07) is 15.4. The van der Waals surface area contributed by atoms with Crippen LogP contribution in [-0.2, 0) is 4.79 Å². The Kier molecular flexibility index (Phi) is 7.97. The van der Waals surface area contributed by atoms with Gasteiger partial charge in [-0.25, -0.2) is 0 Å². The minimum absolute atomic E-state index is 0.151. The van der Waals surface area contributed by atoms with Crippen LogP contribution in [0.4, 0.5) is 5.69 Å². The number of anilines is 1. The minimum atomic E-state index is 0.151. The molecule has 3 aliphatic carbocycles. The molecule has 0 bridgehead atoms. The van der Waals surface area contributed by atoms with Gasteiger partial charge in [-0.15, -0.1) is 0 Å². The van der Waals surface area contributed by atoms with Gasteiger partial charge in [0, 0.05) is 29.9 Å². The number of halogens is 1. The Balaban J connectivity index is 1.19. The molecule has 1 aromatic heterocycles. The lowest BCUT2D eigenvalue weighted by Gasteiger charge is -2.35. The van der Waals surface area contributed by atoms with Crippen molar-refractivity contribution in [2.24, 2.45) is 11.8 Å². The first-order valence-electron chi connectivity index (χ1n) is 14.9. The van der Waals surface area contributed by atoms with E-state index in [0.717, 1.165) is 67.6 Å². The van der Waals surface area contributed by atoms with Crippen molar-refractivity contribution in [3.8, 4) is 16.9 Å². The third kappa shape index (κ3) is 6.04. The molecule has 3 aliphatic rings. The summed E-state index contributed by atoms with van der Waals surface area (Å²) in [5.74, 6) is 2.22. The average molecular weight is 546 g/mol. The molecule has 3 aromatic rings. The number of ether oxygens (including phenoxy) is 1. The Hall–Kier alpha value is -2.79. The maximum absolute atomic E-state index is 14.0.